The zero-order chi connectivity index (χ0) is 35.8. The number of hydrogen-bond donors (Lipinski definition) is 0. The number of halogens is 6. The maximum atomic E-state index is 14.7. The van der Waals surface area contributed by atoms with Gasteiger partial charge in [-0.05, 0) is 31.3 Å². The van der Waals surface area contributed by atoms with E-state index in [0.29, 0.717) is 22.7 Å². The van der Waals surface area contributed by atoms with Gasteiger partial charge >= 0.3 is 83.4 Å². The summed E-state index contributed by atoms with van der Waals surface area (Å²) in [6.07, 6.45) is -10.9. The van der Waals surface area contributed by atoms with Gasteiger partial charge in [-0.15, -0.1) is 22.7 Å². The number of carbonyl (C=O) groups is 2. The molecule has 0 radical (unpaired) electrons. The van der Waals surface area contributed by atoms with Gasteiger partial charge in [-0.2, -0.15) is 26.3 Å². The Morgan fingerprint density at radius 3 is 1.57 bits per heavy atom. The Balaban J connectivity index is 0.00000351. The van der Waals surface area contributed by atoms with Crippen molar-refractivity contribution in [2.75, 3.05) is 20.3 Å². The van der Waals surface area contributed by atoms with Crippen LogP contribution in [0.3, 0.4) is 0 Å². The number of para-hydroxylation sites is 1. The van der Waals surface area contributed by atoms with Crippen molar-refractivity contribution in [1.29, 1.82) is 0 Å². The molecule has 23 heteroatoms. The van der Waals surface area contributed by atoms with Crippen LogP contribution in [0.4, 0.5) is 26.3 Å². The van der Waals surface area contributed by atoms with Crippen molar-refractivity contribution in [3.05, 3.63) is 95.2 Å². The van der Waals surface area contributed by atoms with Gasteiger partial charge in [-0.1, -0.05) is 18.2 Å². The Kier molecular flexibility index (Phi) is 13.8. The Morgan fingerprint density at radius 1 is 0.784 bits per heavy atom. The monoisotopic (exact) mass is 776 g/mol. The molecular weight excluding hydrogens is 756 g/mol. The largest absolute Gasteiger partial charge is 1.00 e. The van der Waals surface area contributed by atoms with Crippen molar-refractivity contribution in [3.63, 3.8) is 0 Å². The number of hydrogen-bond acceptors (Lipinski definition) is 11. The normalized spacial score (nSPS) is 11.6. The summed E-state index contributed by atoms with van der Waals surface area (Å²) in [4.78, 5) is 59.9. The van der Waals surface area contributed by atoms with Gasteiger partial charge in [-0.25, -0.2) is 19.6 Å². The Morgan fingerprint density at radius 2 is 1.20 bits per heavy atom. The van der Waals surface area contributed by atoms with Gasteiger partial charge in [0.15, 0.2) is 21.7 Å². The number of methoxy groups -OCH3 is 1. The van der Waals surface area contributed by atoms with Crippen LogP contribution in [0.25, 0.3) is 10.3 Å². The summed E-state index contributed by atoms with van der Waals surface area (Å²) >= 11 is 1.06. The first-order valence-corrected chi connectivity index (χ1v) is 15.5. The summed E-state index contributed by atoms with van der Waals surface area (Å²) in [6, 6.07) is 4.87. The molecule has 5 aromatic rings. The summed E-state index contributed by atoms with van der Waals surface area (Å²) in [5.74, 6) is -4.65. The number of nitrogens with zero attached hydrogens (tertiary/aromatic N) is 6. The van der Waals surface area contributed by atoms with Crippen LogP contribution >= 0.6 is 22.7 Å². The molecule has 0 amide bonds. The molecule has 13 nitrogen and oxygen atoms in total. The number of rotatable bonds is 10. The van der Waals surface area contributed by atoms with E-state index in [1.807, 2.05) is 0 Å². The molecule has 0 unspecified atom stereocenters. The van der Waals surface area contributed by atoms with Crippen molar-refractivity contribution < 1.29 is 109 Å². The van der Waals surface area contributed by atoms with E-state index < -0.39 is 79.7 Å². The minimum atomic E-state index is -5.47. The fourth-order valence-electron chi connectivity index (χ4n) is 4.71. The van der Waals surface area contributed by atoms with Gasteiger partial charge in [-0.3, -0.25) is 9.59 Å². The summed E-state index contributed by atoms with van der Waals surface area (Å²) in [5.41, 5.74) is -11.1. The molecule has 1 aromatic carbocycles. The molecular formula is C28H20F6N6Na2O7S2. The van der Waals surface area contributed by atoms with Crippen molar-refractivity contribution in [3.8, 4) is 16.0 Å². The third-order valence-corrected chi connectivity index (χ3v) is 8.27. The predicted octanol–water partition coefficient (Wildman–Crippen LogP) is -1.60. The number of thiazole rings is 2. The number of alkyl halides is 6. The molecule has 0 saturated carbocycles. The van der Waals surface area contributed by atoms with Crippen LogP contribution in [0.1, 0.15) is 68.8 Å². The summed E-state index contributed by atoms with van der Waals surface area (Å²) in [5, 5.41) is 7.84. The second-order valence-corrected chi connectivity index (χ2v) is 11.3. The molecule has 260 valence electrons. The van der Waals surface area contributed by atoms with Crippen LogP contribution in [0.15, 0.2) is 44.6 Å². The fraction of sp³-hybridized carbons (Fsp3) is 0.286. The van der Waals surface area contributed by atoms with Crippen molar-refractivity contribution in [2.24, 2.45) is 0 Å². The molecule has 4 aromatic heterocycles. The van der Waals surface area contributed by atoms with E-state index in [-0.39, 0.29) is 98.8 Å². The molecule has 0 atom stereocenters. The van der Waals surface area contributed by atoms with Crippen LogP contribution in [0.2, 0.25) is 0 Å². The van der Waals surface area contributed by atoms with Gasteiger partial charge in [0.1, 0.15) is 5.75 Å². The number of ether oxygens (including phenoxy) is 3. The van der Waals surface area contributed by atoms with E-state index in [2.05, 4.69) is 20.2 Å². The standard InChI is InChI=1S/C28H22F6N6O7S2.2Na/c1-4-46-23(43)13-10-48-25(35-13)39-21(41)17(19(37-39)27(29,30)31)16(12-8-6-7-9-15(12)45-3)18-20(28(32,33)34)38-40(22(18)42)26-36-14(11-49-26)24(44)47-5-2;;/h6-11,16H,4-5H2,1-3H3,(H2,37,38,41,42);;/q;2*+1/p-2. The second-order valence-electron chi connectivity index (χ2n) is 9.60. The Bertz CT molecular complexity index is 2020. The van der Waals surface area contributed by atoms with Gasteiger partial charge < -0.3 is 33.8 Å². The van der Waals surface area contributed by atoms with Gasteiger partial charge in [0, 0.05) is 33.4 Å². The number of benzene rings is 1. The molecule has 0 bridgehead atoms. The Labute approximate surface area is 334 Å². The van der Waals surface area contributed by atoms with Crippen LogP contribution in [0.5, 0.6) is 5.75 Å². The van der Waals surface area contributed by atoms with Gasteiger partial charge in [0.2, 0.25) is 11.1 Å². The molecule has 0 saturated heterocycles. The minimum Gasteiger partial charge on any atom is -0.581 e. The molecule has 0 spiro atoms. The zero-order valence-electron chi connectivity index (χ0n) is 27.1. The average molecular weight is 777 g/mol. The van der Waals surface area contributed by atoms with Crippen LogP contribution in [-0.2, 0) is 21.8 Å². The maximum Gasteiger partial charge on any atom is 1.00 e. The summed E-state index contributed by atoms with van der Waals surface area (Å²) in [6.45, 7) is 2.84. The smallest absolute Gasteiger partial charge is 0.581 e. The fourth-order valence-corrected chi connectivity index (χ4v) is 6.19. The third-order valence-electron chi connectivity index (χ3n) is 6.64. The first kappa shape index (κ1) is 42.2. The molecule has 0 fully saturated rings. The van der Waals surface area contributed by atoms with Crippen LogP contribution < -0.4 is 85.2 Å². The SMILES string of the molecule is CCOC(=O)c1csc(-n2[n-]c(C(F)(F)F)c(C(c3ccccc3OC)c3c(C(F)(F)F)[n-]n(-c4nc(C(=O)OCC)cs4)c3=O)c2=O)n1.[Na+].[Na+]. The van der Waals surface area contributed by atoms with Crippen molar-refractivity contribution in [1.82, 2.24) is 29.5 Å². The Hall–Kier alpha value is -3.18. The molecule has 0 aliphatic heterocycles. The van der Waals surface area contributed by atoms with E-state index in [0.717, 1.165) is 23.9 Å². The molecule has 0 aliphatic carbocycles. The molecule has 5 rings (SSSR count). The van der Waals surface area contributed by atoms with E-state index in [9.17, 15) is 45.5 Å². The van der Waals surface area contributed by atoms with E-state index in [4.69, 9.17) is 14.2 Å². The van der Waals surface area contributed by atoms with E-state index >= 15 is 0 Å². The number of esters is 2. The van der Waals surface area contributed by atoms with Crippen molar-refractivity contribution in [2.45, 2.75) is 32.1 Å². The first-order chi connectivity index (χ1) is 23.1. The summed E-state index contributed by atoms with van der Waals surface area (Å²) in [7, 11) is 1.08. The second kappa shape index (κ2) is 16.7. The first-order valence-electron chi connectivity index (χ1n) is 13.7. The number of carbonyl (C=O) groups excluding carboxylic acids is 2. The van der Waals surface area contributed by atoms with Crippen LogP contribution in [0, 0.1) is 0 Å². The van der Waals surface area contributed by atoms with Gasteiger partial charge in [0.05, 0.1) is 20.3 Å². The predicted molar refractivity (Wildman–Crippen MR) is 158 cm³/mol. The topological polar surface area (TPSA) is 160 Å². The van der Waals surface area contributed by atoms with E-state index in [1.165, 1.54) is 32.0 Å². The maximum absolute atomic E-state index is 14.7. The minimum absolute atomic E-state index is 0. The third kappa shape index (κ3) is 8.40. The average Bonchev–Trinajstić information content (AvgIpc) is 3.84. The molecule has 0 N–H and O–H groups in total. The molecule has 4 heterocycles. The van der Waals surface area contributed by atoms with Gasteiger partial charge in [0.25, 0.3) is 0 Å². The van der Waals surface area contributed by atoms with E-state index in [1.54, 1.807) is 0 Å². The zero-order valence-corrected chi connectivity index (χ0v) is 32.7. The molecule has 51 heavy (non-hydrogen) atoms. The van der Waals surface area contributed by atoms with Crippen LogP contribution in [-0.4, -0.2) is 51.6 Å². The molecule has 0 aliphatic rings. The number of aromatic nitrogens is 6. The van der Waals surface area contributed by atoms with Crippen molar-refractivity contribution >= 4 is 34.6 Å². The quantitative estimate of drug-likeness (QED) is 0.0915. The summed E-state index contributed by atoms with van der Waals surface area (Å²) < 4.78 is 103.